The summed E-state index contributed by atoms with van der Waals surface area (Å²) in [6, 6.07) is 6.27. The molecule has 1 aromatic carbocycles. The molecular weight excluding hydrogens is 278 g/mol. The van der Waals surface area contributed by atoms with Gasteiger partial charge in [-0.3, -0.25) is 5.10 Å². The molecule has 0 radical (unpaired) electrons. The topological polar surface area (TPSA) is 59.2 Å². The van der Waals surface area contributed by atoms with Gasteiger partial charge in [-0.2, -0.15) is 5.10 Å². The first-order chi connectivity index (χ1) is 10.8. The molecule has 5 heteroatoms. The van der Waals surface area contributed by atoms with Crippen molar-refractivity contribution in [3.8, 4) is 0 Å². The van der Waals surface area contributed by atoms with E-state index in [1.165, 1.54) is 24.8 Å². The highest BCUT2D eigenvalue weighted by Crippen LogP contribution is 2.37. The van der Waals surface area contributed by atoms with Gasteiger partial charge in [0.05, 0.1) is 24.4 Å². The molecule has 1 spiro atoms. The molecule has 2 aromatic rings. The molecule has 5 nitrogen and oxygen atoms in total. The summed E-state index contributed by atoms with van der Waals surface area (Å²) in [5.74, 6) is -0.270. The SMILES string of the molecule is c1cc(CNC[C@H]2COC3(CCCCC3)O2)c2[nH]ncc2c1. The first kappa shape index (κ1) is 14.2. The van der Waals surface area contributed by atoms with Gasteiger partial charge in [0.1, 0.15) is 0 Å². The number of fused-ring (bicyclic) bond motifs is 1. The van der Waals surface area contributed by atoms with Gasteiger partial charge in [0.2, 0.25) is 0 Å². The maximum atomic E-state index is 6.20. The summed E-state index contributed by atoms with van der Waals surface area (Å²) in [7, 11) is 0. The fraction of sp³-hybridized carbons (Fsp3) is 0.588. The second-order valence-corrected chi connectivity index (χ2v) is 6.40. The lowest BCUT2D eigenvalue weighted by molar-refractivity contribution is -0.186. The monoisotopic (exact) mass is 301 g/mol. The zero-order valence-electron chi connectivity index (χ0n) is 12.8. The summed E-state index contributed by atoms with van der Waals surface area (Å²) in [5.41, 5.74) is 2.35. The van der Waals surface area contributed by atoms with Crippen LogP contribution in [0.4, 0.5) is 0 Å². The van der Waals surface area contributed by atoms with Gasteiger partial charge in [0, 0.05) is 31.3 Å². The molecule has 1 atom stereocenters. The van der Waals surface area contributed by atoms with Crippen molar-refractivity contribution in [2.45, 2.75) is 50.5 Å². The van der Waals surface area contributed by atoms with Crippen molar-refractivity contribution >= 4 is 10.9 Å². The Labute approximate surface area is 130 Å². The molecule has 1 saturated carbocycles. The molecule has 22 heavy (non-hydrogen) atoms. The molecule has 0 bridgehead atoms. The average Bonchev–Trinajstić information content (AvgIpc) is 3.16. The number of hydrogen-bond donors (Lipinski definition) is 2. The molecule has 4 rings (SSSR count). The molecule has 1 saturated heterocycles. The number of hydrogen-bond acceptors (Lipinski definition) is 4. The second-order valence-electron chi connectivity index (χ2n) is 6.40. The Kier molecular flexibility index (Phi) is 3.86. The molecule has 1 aliphatic carbocycles. The minimum Gasteiger partial charge on any atom is -0.347 e. The number of nitrogens with zero attached hydrogens (tertiary/aromatic N) is 1. The molecule has 2 heterocycles. The van der Waals surface area contributed by atoms with E-state index in [1.54, 1.807) is 0 Å². The Hall–Kier alpha value is -1.43. The number of aromatic nitrogens is 2. The van der Waals surface area contributed by atoms with Crippen molar-refractivity contribution in [3.05, 3.63) is 30.0 Å². The molecule has 118 valence electrons. The quantitative estimate of drug-likeness (QED) is 0.911. The predicted octanol–water partition coefficient (Wildman–Crippen LogP) is 2.73. The van der Waals surface area contributed by atoms with Crippen molar-refractivity contribution in [2.24, 2.45) is 0 Å². The van der Waals surface area contributed by atoms with E-state index in [2.05, 4.69) is 33.7 Å². The lowest BCUT2D eigenvalue weighted by Gasteiger charge is -2.31. The van der Waals surface area contributed by atoms with E-state index in [4.69, 9.17) is 9.47 Å². The highest BCUT2D eigenvalue weighted by Gasteiger charge is 2.41. The van der Waals surface area contributed by atoms with Crippen molar-refractivity contribution < 1.29 is 9.47 Å². The van der Waals surface area contributed by atoms with Crippen molar-refractivity contribution in [2.75, 3.05) is 13.2 Å². The molecule has 2 fully saturated rings. The Morgan fingerprint density at radius 3 is 3.09 bits per heavy atom. The summed E-state index contributed by atoms with van der Waals surface area (Å²) >= 11 is 0. The molecule has 0 amide bonds. The largest absolute Gasteiger partial charge is 0.347 e. The average molecular weight is 301 g/mol. The van der Waals surface area contributed by atoms with Gasteiger partial charge in [-0.15, -0.1) is 0 Å². The molecular formula is C17H23N3O2. The van der Waals surface area contributed by atoms with E-state index in [9.17, 15) is 0 Å². The van der Waals surface area contributed by atoms with E-state index in [1.807, 2.05) is 6.20 Å². The third kappa shape index (κ3) is 2.76. The number of benzene rings is 1. The van der Waals surface area contributed by atoms with Crippen molar-refractivity contribution in [1.29, 1.82) is 0 Å². The Morgan fingerprint density at radius 1 is 1.27 bits per heavy atom. The van der Waals surface area contributed by atoms with Gasteiger partial charge in [-0.1, -0.05) is 24.6 Å². The molecule has 0 unspecified atom stereocenters. The molecule has 1 aromatic heterocycles. The van der Waals surface area contributed by atoms with Crippen LogP contribution in [0.5, 0.6) is 0 Å². The third-order valence-electron chi connectivity index (χ3n) is 4.78. The smallest absolute Gasteiger partial charge is 0.168 e. The summed E-state index contributed by atoms with van der Waals surface area (Å²) in [6.45, 7) is 2.35. The fourth-order valence-corrected chi connectivity index (χ4v) is 3.62. The van der Waals surface area contributed by atoms with Crippen LogP contribution in [-0.2, 0) is 16.0 Å². The van der Waals surface area contributed by atoms with Gasteiger partial charge < -0.3 is 14.8 Å². The van der Waals surface area contributed by atoms with Crippen LogP contribution in [0.25, 0.3) is 10.9 Å². The third-order valence-corrected chi connectivity index (χ3v) is 4.78. The summed E-state index contributed by atoms with van der Waals surface area (Å²) in [4.78, 5) is 0. The van der Waals surface area contributed by atoms with E-state index < -0.39 is 0 Å². The van der Waals surface area contributed by atoms with Crippen molar-refractivity contribution in [3.63, 3.8) is 0 Å². The minimum atomic E-state index is -0.270. The number of ether oxygens (including phenoxy) is 2. The van der Waals surface area contributed by atoms with Crippen LogP contribution >= 0.6 is 0 Å². The lowest BCUT2D eigenvalue weighted by atomic mass is 9.94. The molecule has 2 N–H and O–H groups in total. The van der Waals surface area contributed by atoms with Crippen LogP contribution in [0.1, 0.15) is 37.7 Å². The van der Waals surface area contributed by atoms with Crippen LogP contribution in [0.15, 0.2) is 24.4 Å². The van der Waals surface area contributed by atoms with Crippen LogP contribution in [0.2, 0.25) is 0 Å². The Bertz CT molecular complexity index is 634. The van der Waals surface area contributed by atoms with Crippen LogP contribution in [0.3, 0.4) is 0 Å². The van der Waals surface area contributed by atoms with Gasteiger partial charge in [0.15, 0.2) is 5.79 Å². The summed E-state index contributed by atoms with van der Waals surface area (Å²) in [6.07, 6.45) is 7.89. The Morgan fingerprint density at radius 2 is 2.18 bits per heavy atom. The van der Waals surface area contributed by atoms with Gasteiger partial charge in [0.25, 0.3) is 0 Å². The highest BCUT2D eigenvalue weighted by molar-refractivity contribution is 5.81. The number of H-pyrrole nitrogens is 1. The highest BCUT2D eigenvalue weighted by atomic mass is 16.7. The summed E-state index contributed by atoms with van der Waals surface area (Å²) in [5, 5.41) is 11.8. The van der Waals surface area contributed by atoms with Gasteiger partial charge in [-0.25, -0.2) is 0 Å². The zero-order valence-corrected chi connectivity index (χ0v) is 12.8. The zero-order chi connectivity index (χ0) is 14.8. The van der Waals surface area contributed by atoms with E-state index in [0.717, 1.165) is 36.8 Å². The number of aromatic amines is 1. The van der Waals surface area contributed by atoms with Gasteiger partial charge >= 0.3 is 0 Å². The predicted molar refractivity (Wildman–Crippen MR) is 84.4 cm³/mol. The first-order valence-electron chi connectivity index (χ1n) is 8.28. The van der Waals surface area contributed by atoms with E-state index in [-0.39, 0.29) is 11.9 Å². The van der Waals surface area contributed by atoms with E-state index >= 15 is 0 Å². The normalized spacial score (nSPS) is 24.3. The summed E-state index contributed by atoms with van der Waals surface area (Å²) < 4.78 is 12.2. The van der Waals surface area contributed by atoms with Crippen LogP contribution in [0, 0.1) is 0 Å². The minimum absolute atomic E-state index is 0.166. The molecule has 1 aliphatic heterocycles. The number of nitrogens with one attached hydrogen (secondary N) is 2. The van der Waals surface area contributed by atoms with Crippen molar-refractivity contribution in [1.82, 2.24) is 15.5 Å². The Balaban J connectivity index is 1.31. The number of rotatable bonds is 4. The van der Waals surface area contributed by atoms with Crippen LogP contribution < -0.4 is 5.32 Å². The molecule has 2 aliphatic rings. The second kappa shape index (κ2) is 5.99. The number of para-hydroxylation sites is 1. The lowest BCUT2D eigenvalue weighted by Crippen LogP contribution is -2.35. The van der Waals surface area contributed by atoms with Crippen LogP contribution in [-0.4, -0.2) is 35.2 Å². The van der Waals surface area contributed by atoms with E-state index in [0.29, 0.717) is 6.61 Å². The first-order valence-corrected chi connectivity index (χ1v) is 8.28. The standard InChI is InChI=1S/C17H23N3O2/c1-2-7-17(8-3-1)21-12-15(22-17)11-18-9-13-5-4-6-14-10-19-20-16(13)14/h4-6,10,15,18H,1-3,7-9,11-12H2,(H,19,20)/t15-/m0/s1. The van der Waals surface area contributed by atoms with Gasteiger partial charge in [-0.05, 0) is 18.4 Å². The maximum Gasteiger partial charge on any atom is 0.168 e. The maximum absolute atomic E-state index is 6.20. The fourth-order valence-electron chi connectivity index (χ4n) is 3.62.